The van der Waals surface area contributed by atoms with Crippen LogP contribution in [0, 0.1) is 5.92 Å². The number of ether oxygens (including phenoxy) is 4. The average molecular weight is 279 g/mol. The molecule has 0 spiro atoms. The molecule has 0 amide bonds. The number of benzene rings is 1. The Morgan fingerprint density at radius 1 is 1.10 bits per heavy atom. The SMILES string of the molecule is CC1COc2ccc(C(N)C3COCCO3)cc2OC1. The first-order chi connectivity index (χ1) is 9.74. The molecule has 0 aromatic heterocycles. The minimum atomic E-state index is -0.218. The van der Waals surface area contributed by atoms with Gasteiger partial charge in [0.1, 0.15) is 6.10 Å². The molecule has 0 bridgehead atoms. The zero-order chi connectivity index (χ0) is 13.9. The Hall–Kier alpha value is -1.30. The van der Waals surface area contributed by atoms with Gasteiger partial charge < -0.3 is 24.7 Å². The first kappa shape index (κ1) is 13.7. The van der Waals surface area contributed by atoms with Crippen molar-refractivity contribution in [1.29, 1.82) is 0 Å². The Morgan fingerprint density at radius 3 is 2.65 bits per heavy atom. The van der Waals surface area contributed by atoms with Gasteiger partial charge in [-0.05, 0) is 17.7 Å². The number of hydrogen-bond donors (Lipinski definition) is 1. The van der Waals surface area contributed by atoms with Gasteiger partial charge >= 0.3 is 0 Å². The predicted molar refractivity (Wildman–Crippen MR) is 74.1 cm³/mol. The topological polar surface area (TPSA) is 62.9 Å². The van der Waals surface area contributed by atoms with Crippen LogP contribution < -0.4 is 15.2 Å². The third kappa shape index (κ3) is 2.90. The fraction of sp³-hybridized carbons (Fsp3) is 0.600. The van der Waals surface area contributed by atoms with Gasteiger partial charge in [-0.2, -0.15) is 0 Å². The van der Waals surface area contributed by atoms with Gasteiger partial charge in [0.25, 0.3) is 0 Å². The molecular weight excluding hydrogens is 258 g/mol. The van der Waals surface area contributed by atoms with Crippen LogP contribution in [0.3, 0.4) is 0 Å². The Bertz CT molecular complexity index is 459. The van der Waals surface area contributed by atoms with E-state index in [4.69, 9.17) is 24.7 Å². The Labute approximate surface area is 118 Å². The lowest BCUT2D eigenvalue weighted by atomic mass is 10.0. The molecule has 2 aliphatic rings. The van der Waals surface area contributed by atoms with Gasteiger partial charge in [-0.3, -0.25) is 0 Å². The Morgan fingerprint density at radius 2 is 1.90 bits per heavy atom. The van der Waals surface area contributed by atoms with Gasteiger partial charge in [-0.15, -0.1) is 0 Å². The van der Waals surface area contributed by atoms with Gasteiger partial charge in [0.2, 0.25) is 0 Å². The molecule has 0 radical (unpaired) electrons. The maximum absolute atomic E-state index is 6.27. The molecule has 20 heavy (non-hydrogen) atoms. The smallest absolute Gasteiger partial charge is 0.161 e. The summed E-state index contributed by atoms with van der Waals surface area (Å²) in [6.07, 6.45) is -0.104. The van der Waals surface area contributed by atoms with Crippen molar-refractivity contribution in [3.8, 4) is 11.5 Å². The third-order valence-corrected chi connectivity index (χ3v) is 3.64. The van der Waals surface area contributed by atoms with Crippen molar-refractivity contribution in [3.05, 3.63) is 23.8 Å². The summed E-state index contributed by atoms with van der Waals surface area (Å²) in [7, 11) is 0. The van der Waals surface area contributed by atoms with Crippen molar-refractivity contribution in [2.75, 3.05) is 33.0 Å². The summed E-state index contributed by atoms with van der Waals surface area (Å²) in [6, 6.07) is 5.63. The second-order valence-electron chi connectivity index (χ2n) is 5.44. The highest BCUT2D eigenvalue weighted by molar-refractivity contribution is 5.44. The zero-order valence-electron chi connectivity index (χ0n) is 11.7. The van der Waals surface area contributed by atoms with Crippen LogP contribution in [0.4, 0.5) is 0 Å². The summed E-state index contributed by atoms with van der Waals surface area (Å²) in [5.74, 6) is 1.93. The summed E-state index contributed by atoms with van der Waals surface area (Å²) < 4.78 is 22.6. The second kappa shape index (κ2) is 5.99. The van der Waals surface area contributed by atoms with Crippen LogP contribution in [0.15, 0.2) is 18.2 Å². The van der Waals surface area contributed by atoms with E-state index in [0.717, 1.165) is 17.1 Å². The molecule has 1 aromatic carbocycles. The minimum Gasteiger partial charge on any atom is -0.489 e. The van der Waals surface area contributed by atoms with Crippen LogP contribution in [-0.4, -0.2) is 39.1 Å². The molecule has 3 unspecified atom stereocenters. The molecule has 0 saturated carbocycles. The number of nitrogens with two attached hydrogens (primary N) is 1. The van der Waals surface area contributed by atoms with Gasteiger partial charge in [-0.25, -0.2) is 0 Å². The molecular formula is C15H21NO4. The lowest BCUT2D eigenvalue weighted by Crippen LogP contribution is -2.37. The van der Waals surface area contributed by atoms with Gasteiger partial charge in [0, 0.05) is 5.92 Å². The fourth-order valence-electron chi connectivity index (χ4n) is 2.40. The molecule has 5 heteroatoms. The van der Waals surface area contributed by atoms with Crippen molar-refractivity contribution in [1.82, 2.24) is 0 Å². The quantitative estimate of drug-likeness (QED) is 0.889. The molecule has 3 atom stereocenters. The monoisotopic (exact) mass is 279 g/mol. The van der Waals surface area contributed by atoms with Gasteiger partial charge in [0.15, 0.2) is 11.5 Å². The third-order valence-electron chi connectivity index (χ3n) is 3.64. The number of rotatable bonds is 2. The molecule has 0 aliphatic carbocycles. The maximum atomic E-state index is 6.27. The van der Waals surface area contributed by atoms with E-state index in [9.17, 15) is 0 Å². The largest absolute Gasteiger partial charge is 0.489 e. The van der Waals surface area contributed by atoms with E-state index in [-0.39, 0.29) is 12.1 Å². The first-order valence-electron chi connectivity index (χ1n) is 7.08. The van der Waals surface area contributed by atoms with Crippen LogP contribution >= 0.6 is 0 Å². The van der Waals surface area contributed by atoms with Gasteiger partial charge in [0.05, 0.1) is 39.1 Å². The van der Waals surface area contributed by atoms with E-state index in [1.54, 1.807) is 0 Å². The predicted octanol–water partition coefficient (Wildman–Crippen LogP) is 1.51. The second-order valence-corrected chi connectivity index (χ2v) is 5.44. The highest BCUT2D eigenvalue weighted by Crippen LogP contribution is 2.33. The summed E-state index contributed by atoms with van der Waals surface area (Å²) in [5, 5.41) is 0. The fourth-order valence-corrected chi connectivity index (χ4v) is 2.40. The highest BCUT2D eigenvalue weighted by atomic mass is 16.6. The van der Waals surface area contributed by atoms with Crippen molar-refractivity contribution < 1.29 is 18.9 Å². The molecule has 2 aliphatic heterocycles. The van der Waals surface area contributed by atoms with E-state index in [2.05, 4.69) is 6.92 Å². The van der Waals surface area contributed by atoms with E-state index >= 15 is 0 Å². The van der Waals surface area contributed by atoms with Crippen LogP contribution in [0.1, 0.15) is 18.5 Å². The van der Waals surface area contributed by atoms with Crippen LogP contribution in [-0.2, 0) is 9.47 Å². The standard InChI is InChI=1S/C15H21NO4/c1-10-7-19-12-3-2-11(6-13(12)20-8-10)15(16)14-9-17-4-5-18-14/h2-3,6,10,14-15H,4-5,7-9,16H2,1H3. The van der Waals surface area contributed by atoms with Gasteiger partial charge in [-0.1, -0.05) is 13.0 Å². The molecule has 2 heterocycles. The van der Waals surface area contributed by atoms with Crippen LogP contribution in [0.2, 0.25) is 0 Å². The lowest BCUT2D eigenvalue weighted by Gasteiger charge is -2.28. The zero-order valence-corrected chi connectivity index (χ0v) is 11.7. The molecule has 1 aromatic rings. The molecule has 3 rings (SSSR count). The number of fused-ring (bicyclic) bond motifs is 1. The maximum Gasteiger partial charge on any atom is 0.161 e. The van der Waals surface area contributed by atoms with Crippen molar-refractivity contribution in [2.45, 2.75) is 19.1 Å². The van der Waals surface area contributed by atoms with E-state index in [1.807, 2.05) is 18.2 Å². The van der Waals surface area contributed by atoms with Crippen molar-refractivity contribution >= 4 is 0 Å². The van der Waals surface area contributed by atoms with E-state index in [0.29, 0.717) is 39.0 Å². The summed E-state index contributed by atoms with van der Waals surface area (Å²) in [5.41, 5.74) is 7.25. The van der Waals surface area contributed by atoms with Crippen molar-refractivity contribution in [3.63, 3.8) is 0 Å². The summed E-state index contributed by atoms with van der Waals surface area (Å²) in [4.78, 5) is 0. The molecule has 5 nitrogen and oxygen atoms in total. The first-order valence-corrected chi connectivity index (χ1v) is 7.08. The lowest BCUT2D eigenvalue weighted by molar-refractivity contribution is -0.0975. The molecule has 1 saturated heterocycles. The molecule has 2 N–H and O–H groups in total. The Kier molecular flexibility index (Phi) is 4.10. The summed E-state index contributed by atoms with van der Waals surface area (Å²) in [6.45, 7) is 5.22. The van der Waals surface area contributed by atoms with E-state index < -0.39 is 0 Å². The normalized spacial score (nSPS) is 27.7. The highest BCUT2D eigenvalue weighted by Gasteiger charge is 2.25. The van der Waals surface area contributed by atoms with E-state index in [1.165, 1.54) is 0 Å². The molecule has 1 fully saturated rings. The Balaban J connectivity index is 1.77. The van der Waals surface area contributed by atoms with Crippen LogP contribution in [0.25, 0.3) is 0 Å². The molecule has 110 valence electrons. The average Bonchev–Trinajstić information content (AvgIpc) is 2.69. The number of hydrogen-bond acceptors (Lipinski definition) is 5. The van der Waals surface area contributed by atoms with Crippen molar-refractivity contribution in [2.24, 2.45) is 11.7 Å². The minimum absolute atomic E-state index is 0.104. The van der Waals surface area contributed by atoms with Crippen LogP contribution in [0.5, 0.6) is 11.5 Å². The summed E-state index contributed by atoms with van der Waals surface area (Å²) >= 11 is 0.